The lowest BCUT2D eigenvalue weighted by Crippen LogP contribution is -2.37. The number of aromatic nitrogens is 2. The predicted octanol–water partition coefficient (Wildman–Crippen LogP) is 1.73. The number of methoxy groups -OCH3 is 1. The number of anilines is 1. The second kappa shape index (κ2) is 10.6. The molecule has 37 heavy (non-hydrogen) atoms. The molecule has 12 heteroatoms. The molecule has 0 radical (unpaired) electrons. The minimum Gasteiger partial charge on any atom is -0.493 e. The summed E-state index contributed by atoms with van der Waals surface area (Å²) in [5.41, 5.74) is 2.12. The van der Waals surface area contributed by atoms with Crippen LogP contribution < -0.4 is 19.5 Å². The molecule has 1 fully saturated rings. The van der Waals surface area contributed by atoms with Crippen LogP contribution in [0, 0.1) is 0 Å². The summed E-state index contributed by atoms with van der Waals surface area (Å²) >= 11 is 0. The Bertz CT molecular complexity index is 1420. The van der Waals surface area contributed by atoms with Crippen LogP contribution in [0.3, 0.4) is 0 Å². The molecule has 3 heterocycles. The fourth-order valence-electron chi connectivity index (χ4n) is 4.68. The molecule has 0 saturated carbocycles. The molecule has 11 nitrogen and oxygen atoms in total. The fraction of sp³-hybridized carbons (Fsp3) is 0.400. The van der Waals surface area contributed by atoms with Crippen molar-refractivity contribution >= 4 is 32.5 Å². The van der Waals surface area contributed by atoms with Crippen LogP contribution in [0.5, 0.6) is 11.5 Å². The van der Waals surface area contributed by atoms with Gasteiger partial charge >= 0.3 is 0 Å². The highest BCUT2D eigenvalue weighted by molar-refractivity contribution is 7.89. The Labute approximate surface area is 215 Å². The first-order valence-electron chi connectivity index (χ1n) is 12.0. The van der Waals surface area contributed by atoms with Crippen molar-refractivity contribution in [1.29, 1.82) is 0 Å². The monoisotopic (exact) mass is 527 g/mol. The van der Waals surface area contributed by atoms with Crippen molar-refractivity contribution in [3.8, 4) is 11.5 Å². The first-order chi connectivity index (χ1) is 17.9. The number of nitrogens with zero attached hydrogens (tertiary/aromatic N) is 3. The summed E-state index contributed by atoms with van der Waals surface area (Å²) in [7, 11) is -0.791. The summed E-state index contributed by atoms with van der Waals surface area (Å²) in [4.78, 5) is 24.3. The number of rotatable bonds is 9. The van der Waals surface area contributed by atoms with E-state index in [1.807, 2.05) is 0 Å². The predicted molar refractivity (Wildman–Crippen MR) is 137 cm³/mol. The lowest BCUT2D eigenvalue weighted by molar-refractivity contribution is -0.116. The van der Waals surface area contributed by atoms with E-state index in [-0.39, 0.29) is 10.8 Å². The van der Waals surface area contributed by atoms with Crippen molar-refractivity contribution in [2.24, 2.45) is 0 Å². The smallest absolute Gasteiger partial charge is 0.240 e. The molecule has 3 aromatic rings. The maximum absolute atomic E-state index is 13.0. The molecule has 1 saturated heterocycles. The first kappa shape index (κ1) is 25.3. The number of hydrogen-bond acceptors (Lipinski definition) is 9. The van der Waals surface area contributed by atoms with Gasteiger partial charge < -0.3 is 19.5 Å². The molecule has 1 amide bonds. The minimum absolute atomic E-state index is 0.0685. The molecular weight excluding hydrogens is 498 g/mol. The molecule has 5 rings (SSSR count). The summed E-state index contributed by atoms with van der Waals surface area (Å²) < 4.78 is 44.1. The first-order valence-corrected chi connectivity index (χ1v) is 13.5. The van der Waals surface area contributed by atoms with E-state index in [0.717, 1.165) is 39.3 Å². The van der Waals surface area contributed by atoms with Crippen molar-refractivity contribution in [2.45, 2.75) is 17.2 Å². The maximum Gasteiger partial charge on any atom is 0.240 e. The maximum atomic E-state index is 13.0. The van der Waals surface area contributed by atoms with Crippen LogP contribution in [0.2, 0.25) is 0 Å². The molecule has 2 aliphatic heterocycles. The van der Waals surface area contributed by atoms with Gasteiger partial charge in [-0.15, -0.1) is 0 Å². The summed E-state index contributed by atoms with van der Waals surface area (Å²) in [5, 5.41) is 3.45. The second-order valence-electron chi connectivity index (χ2n) is 8.81. The Kier molecular flexibility index (Phi) is 7.24. The van der Waals surface area contributed by atoms with Crippen LogP contribution in [0.15, 0.2) is 41.6 Å². The van der Waals surface area contributed by atoms with Crippen LogP contribution in [-0.2, 0) is 19.6 Å². The number of morpholine rings is 1. The third-order valence-corrected chi connectivity index (χ3v) is 8.05. The molecule has 1 aromatic heterocycles. The van der Waals surface area contributed by atoms with Crippen LogP contribution in [0.4, 0.5) is 5.69 Å². The van der Waals surface area contributed by atoms with E-state index in [2.05, 4.69) is 24.9 Å². The number of hydrogen-bond donors (Lipinski definition) is 2. The third-order valence-electron chi connectivity index (χ3n) is 6.64. The van der Waals surface area contributed by atoms with Crippen LogP contribution in [0.25, 0.3) is 10.9 Å². The average molecular weight is 528 g/mol. The number of nitrogens with one attached hydrogen (secondary N) is 2. The highest BCUT2D eigenvalue weighted by Crippen LogP contribution is 2.41. The van der Waals surface area contributed by atoms with Gasteiger partial charge in [0.1, 0.15) is 12.2 Å². The molecule has 0 bridgehead atoms. The zero-order valence-corrected chi connectivity index (χ0v) is 21.5. The van der Waals surface area contributed by atoms with Gasteiger partial charge in [-0.05, 0) is 43.3 Å². The van der Waals surface area contributed by atoms with Gasteiger partial charge in [-0.2, -0.15) is 0 Å². The zero-order chi connectivity index (χ0) is 26.0. The van der Waals surface area contributed by atoms with E-state index < -0.39 is 15.9 Å². The molecule has 2 aromatic carbocycles. The van der Waals surface area contributed by atoms with Gasteiger partial charge in [-0.3, -0.25) is 9.69 Å². The van der Waals surface area contributed by atoms with Crippen molar-refractivity contribution in [2.75, 3.05) is 58.9 Å². The van der Waals surface area contributed by atoms with Gasteiger partial charge in [0.15, 0.2) is 11.5 Å². The molecule has 196 valence electrons. The number of carbonyl (C=O) groups is 1. The summed E-state index contributed by atoms with van der Waals surface area (Å²) in [6, 6.07) is 8.09. The summed E-state index contributed by atoms with van der Waals surface area (Å²) in [6.07, 6.45) is 2.25. The molecule has 0 spiro atoms. The van der Waals surface area contributed by atoms with E-state index in [1.165, 1.54) is 25.5 Å². The van der Waals surface area contributed by atoms with Crippen molar-refractivity contribution in [1.82, 2.24) is 19.6 Å². The SMILES string of the molecule is CNS(=O)(=O)c1ccc2c(c1)C(c1ncnc3cc(OCCCN4CCOCC4)c(OC)cc13)C(=O)N2. The van der Waals surface area contributed by atoms with E-state index in [1.54, 1.807) is 25.3 Å². The standard InChI is InChI=1S/C25H29N5O6S/c1-26-37(32,33)16-4-5-19-17(12-16)23(25(31)29-19)24-18-13-21(34-2)22(14-20(18)27-15-28-24)36-9-3-6-30-7-10-35-11-8-30/h4-5,12-15,23,26H,3,6-11H2,1-2H3,(H,29,31). The minimum atomic E-state index is -3.69. The van der Waals surface area contributed by atoms with Gasteiger partial charge in [0, 0.05) is 36.8 Å². The normalized spacial score (nSPS) is 18.0. The van der Waals surface area contributed by atoms with Crippen LogP contribution in [-0.4, -0.2) is 82.8 Å². The summed E-state index contributed by atoms with van der Waals surface area (Å²) in [6.45, 7) is 4.82. The third kappa shape index (κ3) is 5.10. The second-order valence-corrected chi connectivity index (χ2v) is 10.7. The zero-order valence-electron chi connectivity index (χ0n) is 20.7. The molecule has 0 aliphatic carbocycles. The van der Waals surface area contributed by atoms with E-state index in [0.29, 0.717) is 46.0 Å². The highest BCUT2D eigenvalue weighted by Gasteiger charge is 2.35. The van der Waals surface area contributed by atoms with Gasteiger partial charge in [-0.25, -0.2) is 23.1 Å². The van der Waals surface area contributed by atoms with Gasteiger partial charge in [0.05, 0.1) is 43.0 Å². The van der Waals surface area contributed by atoms with Crippen LogP contribution >= 0.6 is 0 Å². The quantitative estimate of drug-likeness (QED) is 0.399. The van der Waals surface area contributed by atoms with Crippen LogP contribution in [0.1, 0.15) is 23.6 Å². The Balaban J connectivity index is 1.44. The topological polar surface area (TPSA) is 132 Å². The lowest BCUT2D eigenvalue weighted by atomic mass is 9.94. The number of fused-ring (bicyclic) bond motifs is 2. The molecular formula is C25H29N5O6S. The highest BCUT2D eigenvalue weighted by atomic mass is 32.2. The number of amides is 1. The molecule has 2 aliphatic rings. The Hall–Kier alpha value is -3.32. The Morgan fingerprint density at radius 2 is 1.97 bits per heavy atom. The van der Waals surface area contributed by atoms with Gasteiger partial charge in [0.2, 0.25) is 15.9 Å². The number of benzene rings is 2. The van der Waals surface area contributed by atoms with Gasteiger partial charge in [0.25, 0.3) is 0 Å². The van der Waals surface area contributed by atoms with E-state index >= 15 is 0 Å². The lowest BCUT2D eigenvalue weighted by Gasteiger charge is -2.26. The van der Waals surface area contributed by atoms with E-state index in [4.69, 9.17) is 14.2 Å². The number of carbonyl (C=O) groups excluding carboxylic acids is 1. The fourth-order valence-corrected chi connectivity index (χ4v) is 5.44. The Morgan fingerprint density at radius 3 is 2.73 bits per heavy atom. The number of sulfonamides is 1. The van der Waals surface area contributed by atoms with Crippen molar-refractivity contribution in [3.63, 3.8) is 0 Å². The van der Waals surface area contributed by atoms with E-state index in [9.17, 15) is 13.2 Å². The van der Waals surface area contributed by atoms with Gasteiger partial charge in [-0.1, -0.05) is 0 Å². The number of ether oxygens (including phenoxy) is 3. The summed E-state index contributed by atoms with van der Waals surface area (Å²) in [5.74, 6) is -0.0470. The molecule has 1 atom stereocenters. The molecule has 1 unspecified atom stereocenters. The Morgan fingerprint density at radius 1 is 1.16 bits per heavy atom. The van der Waals surface area contributed by atoms with Crippen molar-refractivity contribution < 1.29 is 27.4 Å². The average Bonchev–Trinajstić information content (AvgIpc) is 3.25. The van der Waals surface area contributed by atoms with Crippen molar-refractivity contribution in [3.05, 3.63) is 47.9 Å². The largest absolute Gasteiger partial charge is 0.493 e. The molecule has 2 N–H and O–H groups in total.